The fourth-order valence-electron chi connectivity index (χ4n) is 2.39. The number of rotatable bonds is 2. The second-order valence-corrected chi connectivity index (χ2v) is 4.91. The van der Waals surface area contributed by atoms with E-state index in [1.54, 1.807) is 10.9 Å². The predicted octanol–water partition coefficient (Wildman–Crippen LogP) is 2.57. The Labute approximate surface area is 126 Å². The first kappa shape index (κ1) is 12.5. The zero-order valence-electron chi connectivity index (χ0n) is 11.6. The number of benzene rings is 2. The summed E-state index contributed by atoms with van der Waals surface area (Å²) >= 11 is 0. The molecule has 0 amide bonds. The average Bonchev–Trinajstić information content (AvgIpc) is 3.02. The Balaban J connectivity index is 1.92. The number of hydrogen-bond acceptors (Lipinski definition) is 3. The number of nitrogens with zero attached hydrogens (tertiary/aromatic N) is 4. The van der Waals surface area contributed by atoms with Crippen LogP contribution in [0.15, 0.2) is 77.9 Å². The molecule has 2 aromatic carbocycles. The Kier molecular flexibility index (Phi) is 2.83. The van der Waals surface area contributed by atoms with E-state index in [0.29, 0.717) is 5.52 Å². The summed E-state index contributed by atoms with van der Waals surface area (Å²) in [6.45, 7) is 0. The van der Waals surface area contributed by atoms with Gasteiger partial charge in [-0.05, 0) is 24.3 Å². The second kappa shape index (κ2) is 4.96. The van der Waals surface area contributed by atoms with Gasteiger partial charge in [-0.2, -0.15) is 14.9 Å². The maximum Gasteiger partial charge on any atom is 0.299 e. The molecule has 0 spiro atoms. The van der Waals surface area contributed by atoms with Gasteiger partial charge in [-0.15, -0.1) is 0 Å². The van der Waals surface area contributed by atoms with Crippen molar-refractivity contribution in [3.8, 4) is 11.4 Å². The molecule has 0 aliphatic heterocycles. The lowest BCUT2D eigenvalue weighted by Crippen LogP contribution is -2.21. The molecule has 5 heteroatoms. The second-order valence-electron chi connectivity index (χ2n) is 4.91. The summed E-state index contributed by atoms with van der Waals surface area (Å²) < 4.78 is 3.06. The molecule has 0 radical (unpaired) electrons. The number of hydrogen-bond donors (Lipinski definition) is 0. The van der Waals surface area contributed by atoms with Crippen molar-refractivity contribution in [3.05, 3.63) is 83.4 Å². The van der Waals surface area contributed by atoms with Gasteiger partial charge >= 0.3 is 0 Å². The first-order valence-corrected chi connectivity index (χ1v) is 6.91. The van der Waals surface area contributed by atoms with Crippen molar-refractivity contribution in [2.75, 3.05) is 0 Å². The molecule has 0 atom stereocenters. The smallest absolute Gasteiger partial charge is 0.265 e. The van der Waals surface area contributed by atoms with Crippen molar-refractivity contribution >= 4 is 10.9 Å². The van der Waals surface area contributed by atoms with Crippen LogP contribution in [0.2, 0.25) is 0 Å². The van der Waals surface area contributed by atoms with Crippen LogP contribution in [0.5, 0.6) is 0 Å². The third-order valence-electron chi connectivity index (χ3n) is 3.47. The lowest BCUT2D eigenvalue weighted by atomic mass is 10.3. The lowest BCUT2D eigenvalue weighted by Gasteiger charge is -2.02. The first-order chi connectivity index (χ1) is 10.8. The molecule has 0 unspecified atom stereocenters. The van der Waals surface area contributed by atoms with Gasteiger partial charge in [0, 0.05) is 11.6 Å². The van der Waals surface area contributed by atoms with E-state index < -0.39 is 0 Å². The predicted molar refractivity (Wildman–Crippen MR) is 84.5 cm³/mol. The van der Waals surface area contributed by atoms with E-state index in [0.717, 1.165) is 16.8 Å². The summed E-state index contributed by atoms with van der Waals surface area (Å²) in [5.74, 6) is 0. The van der Waals surface area contributed by atoms with Crippen molar-refractivity contribution in [2.45, 2.75) is 0 Å². The molecule has 2 heterocycles. The number of para-hydroxylation sites is 2. The Morgan fingerprint density at radius 3 is 2.14 bits per heavy atom. The fourth-order valence-corrected chi connectivity index (χ4v) is 2.39. The minimum Gasteiger partial charge on any atom is -0.265 e. The van der Waals surface area contributed by atoms with Crippen molar-refractivity contribution in [3.63, 3.8) is 0 Å². The molecular weight excluding hydrogens is 276 g/mol. The van der Waals surface area contributed by atoms with E-state index in [1.807, 2.05) is 66.9 Å². The summed E-state index contributed by atoms with van der Waals surface area (Å²) in [5.41, 5.74) is 1.81. The van der Waals surface area contributed by atoms with Gasteiger partial charge < -0.3 is 0 Å². The van der Waals surface area contributed by atoms with Crippen LogP contribution in [0.3, 0.4) is 0 Å². The van der Waals surface area contributed by atoms with E-state index >= 15 is 0 Å². The maximum absolute atomic E-state index is 12.6. The molecule has 5 nitrogen and oxygen atoms in total. The molecule has 106 valence electrons. The topological polar surface area (TPSA) is 52.7 Å². The molecule has 22 heavy (non-hydrogen) atoms. The van der Waals surface area contributed by atoms with Crippen molar-refractivity contribution in [2.24, 2.45) is 0 Å². The summed E-state index contributed by atoms with van der Waals surface area (Å²) in [5, 5.41) is 9.37. The van der Waals surface area contributed by atoms with Crippen molar-refractivity contribution in [1.29, 1.82) is 0 Å². The fraction of sp³-hybridized carbons (Fsp3) is 0. The van der Waals surface area contributed by atoms with Crippen LogP contribution in [0.1, 0.15) is 0 Å². The third-order valence-corrected chi connectivity index (χ3v) is 3.47. The third kappa shape index (κ3) is 2.00. The van der Waals surface area contributed by atoms with Crippen LogP contribution >= 0.6 is 0 Å². The highest BCUT2D eigenvalue weighted by atomic mass is 16.1. The molecule has 0 fully saturated rings. The first-order valence-electron chi connectivity index (χ1n) is 6.91. The van der Waals surface area contributed by atoms with Crippen LogP contribution < -0.4 is 5.56 Å². The Morgan fingerprint density at radius 1 is 0.818 bits per heavy atom. The Hall–Kier alpha value is -3.21. The molecule has 0 N–H and O–H groups in total. The number of fused-ring (bicyclic) bond motifs is 1. The maximum atomic E-state index is 12.6. The van der Waals surface area contributed by atoms with Gasteiger partial charge in [-0.1, -0.05) is 36.4 Å². The summed E-state index contributed by atoms with van der Waals surface area (Å²) in [4.78, 5) is 12.6. The monoisotopic (exact) mass is 288 g/mol. The van der Waals surface area contributed by atoms with Gasteiger partial charge in [0.25, 0.3) is 5.56 Å². The Bertz CT molecular complexity index is 988. The molecule has 0 saturated heterocycles. The van der Waals surface area contributed by atoms with E-state index in [4.69, 9.17) is 0 Å². The van der Waals surface area contributed by atoms with Gasteiger partial charge in [-0.3, -0.25) is 4.79 Å². The zero-order chi connectivity index (χ0) is 14.9. The van der Waals surface area contributed by atoms with Gasteiger partial charge in [0.1, 0.15) is 0 Å². The zero-order valence-corrected chi connectivity index (χ0v) is 11.6. The van der Waals surface area contributed by atoms with Gasteiger partial charge in [0.15, 0.2) is 5.52 Å². The number of aromatic nitrogens is 4. The van der Waals surface area contributed by atoms with Gasteiger partial charge in [-0.25, -0.2) is 4.68 Å². The molecule has 0 bridgehead atoms. The van der Waals surface area contributed by atoms with Crippen LogP contribution in [0.4, 0.5) is 0 Å². The van der Waals surface area contributed by atoms with E-state index in [9.17, 15) is 4.79 Å². The minimum atomic E-state index is -0.224. The minimum absolute atomic E-state index is 0.224. The van der Waals surface area contributed by atoms with Crippen LogP contribution in [0, 0.1) is 0 Å². The summed E-state index contributed by atoms with van der Waals surface area (Å²) in [6, 6.07) is 19.0. The molecular formula is C17H12N4O. The van der Waals surface area contributed by atoms with Gasteiger partial charge in [0.05, 0.1) is 17.6 Å². The summed E-state index contributed by atoms with van der Waals surface area (Å²) in [7, 11) is 0. The highest BCUT2D eigenvalue weighted by Crippen LogP contribution is 2.12. The highest BCUT2D eigenvalue weighted by molar-refractivity contribution is 5.76. The quantitative estimate of drug-likeness (QED) is 0.569. The van der Waals surface area contributed by atoms with Crippen molar-refractivity contribution in [1.82, 2.24) is 19.6 Å². The largest absolute Gasteiger partial charge is 0.299 e. The van der Waals surface area contributed by atoms with Crippen LogP contribution in [-0.2, 0) is 0 Å². The molecule has 4 rings (SSSR count). The normalized spacial score (nSPS) is 10.9. The molecule has 0 saturated carbocycles. The molecule has 0 aliphatic rings. The van der Waals surface area contributed by atoms with Crippen LogP contribution in [-0.4, -0.2) is 19.6 Å². The lowest BCUT2D eigenvalue weighted by molar-refractivity contribution is 0.814. The average molecular weight is 288 g/mol. The van der Waals surface area contributed by atoms with Crippen LogP contribution in [0.25, 0.3) is 22.3 Å². The van der Waals surface area contributed by atoms with Crippen molar-refractivity contribution < 1.29 is 0 Å². The van der Waals surface area contributed by atoms with E-state index in [-0.39, 0.29) is 5.56 Å². The van der Waals surface area contributed by atoms with E-state index in [2.05, 4.69) is 10.2 Å². The SMILES string of the molecule is O=c1c2nn(-c3ccccc3)cc2cnn1-c1ccccc1. The molecule has 0 aliphatic carbocycles. The van der Waals surface area contributed by atoms with E-state index in [1.165, 1.54) is 4.68 Å². The van der Waals surface area contributed by atoms with Gasteiger partial charge in [0.2, 0.25) is 0 Å². The Morgan fingerprint density at radius 2 is 1.45 bits per heavy atom. The highest BCUT2D eigenvalue weighted by Gasteiger charge is 2.10. The molecule has 4 aromatic rings. The summed E-state index contributed by atoms with van der Waals surface area (Å²) in [6.07, 6.45) is 3.48. The standard InChI is InChI=1S/C17H12N4O/c22-17-16-13(11-18-21(17)15-9-5-2-6-10-15)12-20(19-16)14-7-3-1-4-8-14/h1-12H. The molecule has 2 aromatic heterocycles.